The van der Waals surface area contributed by atoms with E-state index in [9.17, 15) is 28.8 Å². The number of rotatable bonds is 20. The van der Waals surface area contributed by atoms with Crippen LogP contribution in [0.4, 0.5) is 0 Å². The van der Waals surface area contributed by atoms with Gasteiger partial charge < -0.3 is 38.3 Å². The smallest absolute Gasteiger partial charge is 0.303 e. The van der Waals surface area contributed by atoms with Gasteiger partial charge >= 0.3 is 5.97 Å². The second kappa shape index (κ2) is 19.3. The van der Waals surface area contributed by atoms with Crippen molar-refractivity contribution >= 4 is 47.0 Å². The third-order valence-corrected chi connectivity index (χ3v) is 8.13. The van der Waals surface area contributed by atoms with Gasteiger partial charge in [-0.1, -0.05) is 60.7 Å². The summed E-state index contributed by atoms with van der Waals surface area (Å²) in [6.07, 6.45) is 1.82. The Morgan fingerprint density at radius 1 is 0.780 bits per heavy atom. The molecule has 16 nitrogen and oxygen atoms in total. The van der Waals surface area contributed by atoms with E-state index in [-0.39, 0.29) is 51.0 Å². The second-order valence-corrected chi connectivity index (χ2v) is 11.9. The van der Waals surface area contributed by atoms with Crippen molar-refractivity contribution in [3.63, 3.8) is 0 Å². The first-order chi connectivity index (χ1) is 23.9. The lowest BCUT2D eigenvalue weighted by Crippen LogP contribution is -2.57. The fraction of sp³-hybridized carbons (Fsp3) is 0.382. The number of aliphatic imine (C=N–C) groups is 1. The number of carboxylic acid groups (broad SMARTS) is 1. The molecule has 2 aromatic rings. The Kier molecular flexibility index (Phi) is 14.9. The Balaban J connectivity index is 1.89. The lowest BCUT2D eigenvalue weighted by Gasteiger charge is -2.26. The van der Waals surface area contributed by atoms with Gasteiger partial charge in [-0.25, -0.2) is 5.48 Å². The van der Waals surface area contributed by atoms with Crippen molar-refractivity contribution in [3.8, 4) is 0 Å². The van der Waals surface area contributed by atoms with E-state index in [0.29, 0.717) is 6.42 Å². The third-order valence-electron chi connectivity index (χ3n) is 8.13. The molecule has 0 fully saturated rings. The van der Waals surface area contributed by atoms with E-state index >= 15 is 0 Å². The minimum absolute atomic E-state index is 0.000962. The number of nitrogens with zero attached hydrogens (tertiary/aromatic N) is 1. The molecule has 0 spiro atoms. The number of allylic oxidation sites excluding steroid dienone is 1. The maximum Gasteiger partial charge on any atom is 0.303 e. The summed E-state index contributed by atoms with van der Waals surface area (Å²) in [6, 6.07) is 12.6. The molecular weight excluding hydrogens is 648 g/mol. The Morgan fingerprint density at radius 3 is 2.08 bits per heavy atom. The number of guanidine groups is 1. The quantitative estimate of drug-likeness (QED) is 0.0285. The number of primary amides is 1. The van der Waals surface area contributed by atoms with Crippen molar-refractivity contribution in [2.45, 2.75) is 69.5 Å². The average molecular weight is 693 g/mol. The molecule has 0 aliphatic heterocycles. The minimum Gasteiger partial charge on any atom is -0.481 e. The SMILES string of the molecule is NC(=O)C(CCC(=O)O)NC(=O)[C@H](CC1=CCc2ccccc21)NC(=O)C(CCCN=C(N)N)NC(=O)[C@@H](CC(=O)NO)Cc1ccccc1. The normalized spacial score (nSPS) is 14.1. The summed E-state index contributed by atoms with van der Waals surface area (Å²) in [7, 11) is 0. The van der Waals surface area contributed by atoms with E-state index in [2.05, 4.69) is 20.9 Å². The first-order valence-corrected chi connectivity index (χ1v) is 16.1. The molecule has 4 atom stereocenters. The van der Waals surface area contributed by atoms with Gasteiger partial charge in [-0.3, -0.25) is 39.0 Å². The molecule has 5 amide bonds. The molecule has 1 aliphatic rings. The standard InChI is InChI=1S/C34H44N8O8/c35-30(46)25(14-15-29(44)45)39-33(49)27(18-22-13-12-21-9-4-5-10-24(21)22)41-32(48)26(11-6-16-38-34(36)37)40-31(47)23(19-28(43)42-50)17-20-7-2-1-3-8-20/h1-5,7-10,13,23,25-27,50H,6,11-12,14-19H2,(H2,35,46)(H,39,49)(H,40,47)(H,41,48)(H,42,43)(H,44,45)(H4,36,37,38)/t23-,25?,26?,27+/m1/s1. The van der Waals surface area contributed by atoms with E-state index in [1.54, 1.807) is 30.3 Å². The van der Waals surface area contributed by atoms with Gasteiger partial charge in [-0.05, 0) is 54.4 Å². The summed E-state index contributed by atoms with van der Waals surface area (Å²) in [6.45, 7) is 0.125. The molecule has 3 rings (SSSR count). The largest absolute Gasteiger partial charge is 0.481 e. The maximum atomic E-state index is 13.9. The number of carbonyl (C=O) groups is 6. The van der Waals surface area contributed by atoms with Crippen molar-refractivity contribution in [1.82, 2.24) is 21.4 Å². The zero-order chi connectivity index (χ0) is 36.6. The molecule has 2 aromatic carbocycles. The molecule has 2 unspecified atom stereocenters. The number of carbonyl (C=O) groups excluding carboxylic acids is 5. The lowest BCUT2D eigenvalue weighted by molar-refractivity contribution is -0.138. The fourth-order valence-electron chi connectivity index (χ4n) is 5.56. The van der Waals surface area contributed by atoms with Crippen LogP contribution < -0.4 is 38.6 Å². The molecule has 16 heteroatoms. The van der Waals surface area contributed by atoms with Crippen LogP contribution in [0.1, 0.15) is 55.2 Å². The van der Waals surface area contributed by atoms with Gasteiger partial charge in [0, 0.05) is 25.8 Å². The van der Waals surface area contributed by atoms with Crippen LogP contribution in [0.2, 0.25) is 0 Å². The van der Waals surface area contributed by atoms with Crippen molar-refractivity contribution in [1.29, 1.82) is 0 Å². The average Bonchev–Trinajstić information content (AvgIpc) is 3.49. The predicted octanol–water partition coefficient (Wildman–Crippen LogP) is -0.371. The topological polar surface area (TPSA) is 281 Å². The van der Waals surface area contributed by atoms with Crippen LogP contribution in [0.3, 0.4) is 0 Å². The van der Waals surface area contributed by atoms with Crippen LogP contribution in [-0.4, -0.2) is 76.4 Å². The molecule has 12 N–H and O–H groups in total. The van der Waals surface area contributed by atoms with E-state index < -0.39 is 66.0 Å². The summed E-state index contributed by atoms with van der Waals surface area (Å²) in [5, 5.41) is 26.1. The second-order valence-electron chi connectivity index (χ2n) is 11.9. The fourth-order valence-corrected chi connectivity index (χ4v) is 5.56. The van der Waals surface area contributed by atoms with Gasteiger partial charge in [0.1, 0.15) is 18.1 Å². The Bertz CT molecular complexity index is 1590. The Labute approximate surface area is 288 Å². The number of amides is 5. The summed E-state index contributed by atoms with van der Waals surface area (Å²) >= 11 is 0. The number of nitrogens with two attached hydrogens (primary N) is 3. The van der Waals surface area contributed by atoms with Crippen LogP contribution in [0, 0.1) is 5.92 Å². The van der Waals surface area contributed by atoms with E-state index in [4.69, 9.17) is 27.5 Å². The molecule has 268 valence electrons. The zero-order valence-corrected chi connectivity index (χ0v) is 27.5. The molecule has 0 aromatic heterocycles. The number of hydrogen-bond acceptors (Lipinski definition) is 8. The molecule has 0 saturated carbocycles. The highest BCUT2D eigenvalue weighted by Gasteiger charge is 2.32. The van der Waals surface area contributed by atoms with E-state index in [1.165, 1.54) is 5.48 Å². The third kappa shape index (κ3) is 12.4. The maximum absolute atomic E-state index is 13.9. The Morgan fingerprint density at radius 2 is 1.42 bits per heavy atom. The minimum atomic E-state index is -1.32. The van der Waals surface area contributed by atoms with E-state index in [0.717, 1.165) is 22.3 Å². The van der Waals surface area contributed by atoms with Crippen LogP contribution in [0.25, 0.3) is 5.57 Å². The molecule has 0 bridgehead atoms. The summed E-state index contributed by atoms with van der Waals surface area (Å²) in [5.41, 5.74) is 21.3. The predicted molar refractivity (Wildman–Crippen MR) is 183 cm³/mol. The zero-order valence-electron chi connectivity index (χ0n) is 27.5. The highest BCUT2D eigenvalue weighted by Crippen LogP contribution is 2.30. The lowest BCUT2D eigenvalue weighted by atomic mass is 9.94. The first-order valence-electron chi connectivity index (χ1n) is 16.1. The summed E-state index contributed by atoms with van der Waals surface area (Å²) in [5.74, 6) is -6.28. The first kappa shape index (κ1) is 38.7. The molecule has 0 radical (unpaired) electrons. The number of benzene rings is 2. The highest BCUT2D eigenvalue weighted by molar-refractivity contribution is 5.96. The van der Waals surface area contributed by atoms with Crippen molar-refractivity contribution in [3.05, 3.63) is 77.4 Å². The number of nitrogens with one attached hydrogen (secondary N) is 4. The monoisotopic (exact) mass is 692 g/mol. The highest BCUT2D eigenvalue weighted by atomic mass is 16.5. The Hall–Kier alpha value is -5.77. The van der Waals surface area contributed by atoms with Crippen molar-refractivity contribution in [2.75, 3.05) is 6.54 Å². The van der Waals surface area contributed by atoms with Crippen molar-refractivity contribution in [2.24, 2.45) is 28.1 Å². The van der Waals surface area contributed by atoms with Crippen molar-refractivity contribution < 1.29 is 39.1 Å². The van der Waals surface area contributed by atoms with Crippen LogP contribution in [0.15, 0.2) is 65.7 Å². The van der Waals surface area contributed by atoms with Gasteiger partial charge in [-0.2, -0.15) is 0 Å². The van der Waals surface area contributed by atoms with Gasteiger partial charge in [0.25, 0.3) is 0 Å². The number of aliphatic carboxylic acids is 1. The van der Waals surface area contributed by atoms with Gasteiger partial charge in [0.15, 0.2) is 5.96 Å². The van der Waals surface area contributed by atoms with Gasteiger partial charge in [0.05, 0.1) is 5.92 Å². The number of hydroxylamine groups is 1. The molecule has 50 heavy (non-hydrogen) atoms. The van der Waals surface area contributed by atoms with Gasteiger partial charge in [0.2, 0.25) is 29.5 Å². The van der Waals surface area contributed by atoms with Crippen LogP contribution in [0.5, 0.6) is 0 Å². The molecular formula is C34H44N8O8. The number of hydrogen-bond donors (Lipinski definition) is 9. The number of fused-ring (bicyclic) bond motifs is 1. The van der Waals surface area contributed by atoms with Crippen LogP contribution in [-0.2, 0) is 41.6 Å². The molecule has 0 saturated heterocycles. The number of carboxylic acids is 1. The molecule has 0 heterocycles. The van der Waals surface area contributed by atoms with E-state index in [1.807, 2.05) is 30.3 Å². The van der Waals surface area contributed by atoms with Gasteiger partial charge in [-0.15, -0.1) is 0 Å². The van der Waals surface area contributed by atoms with Crippen LogP contribution >= 0.6 is 0 Å². The molecule has 1 aliphatic carbocycles. The summed E-state index contributed by atoms with van der Waals surface area (Å²) < 4.78 is 0. The summed E-state index contributed by atoms with van der Waals surface area (Å²) in [4.78, 5) is 80.6.